The van der Waals surface area contributed by atoms with Crippen molar-refractivity contribution in [3.63, 3.8) is 0 Å². The maximum Gasteiger partial charge on any atom is 0.0640 e. The Kier molecular flexibility index (Phi) is 8.75. The van der Waals surface area contributed by atoms with E-state index in [-0.39, 0.29) is 0 Å². The lowest BCUT2D eigenvalue weighted by molar-refractivity contribution is 1.18. The van der Waals surface area contributed by atoms with Gasteiger partial charge >= 0.3 is 0 Å². The number of nitrogens with zero attached hydrogens (tertiary/aromatic N) is 2. The predicted molar refractivity (Wildman–Crippen MR) is 280 cm³/mol. The minimum atomic E-state index is 1.11. The first kappa shape index (κ1) is 37.3. The molecule has 13 aromatic rings. The van der Waals surface area contributed by atoms with Gasteiger partial charge in [-0.1, -0.05) is 188 Å². The van der Waals surface area contributed by atoms with Gasteiger partial charge in [-0.05, 0) is 110 Å². The van der Waals surface area contributed by atoms with Crippen LogP contribution in [0.5, 0.6) is 0 Å². The summed E-state index contributed by atoms with van der Waals surface area (Å²) in [6, 6.07) is 88.8. The molecule has 0 aliphatic heterocycles. The topological polar surface area (TPSA) is 8.17 Å². The van der Waals surface area contributed by atoms with Crippen molar-refractivity contribution >= 4 is 91.9 Å². The third-order valence-electron chi connectivity index (χ3n) is 13.2. The molecule has 65 heavy (non-hydrogen) atoms. The molecule has 3 heteroatoms. The van der Waals surface area contributed by atoms with Gasteiger partial charge in [-0.2, -0.15) is 0 Å². The smallest absolute Gasteiger partial charge is 0.0640 e. The van der Waals surface area contributed by atoms with Gasteiger partial charge in [0.05, 0.1) is 21.4 Å². The van der Waals surface area contributed by atoms with E-state index in [1.165, 1.54) is 103 Å². The van der Waals surface area contributed by atoms with Crippen molar-refractivity contribution in [3.8, 4) is 39.1 Å². The summed E-state index contributed by atoms with van der Waals surface area (Å²) >= 11 is 1.89. The van der Waals surface area contributed by atoms with Crippen LogP contribution in [-0.4, -0.2) is 4.57 Å². The van der Waals surface area contributed by atoms with Crippen molar-refractivity contribution in [2.45, 2.75) is 0 Å². The van der Waals surface area contributed by atoms with Crippen LogP contribution in [0.3, 0.4) is 0 Å². The Labute approximate surface area is 381 Å². The van der Waals surface area contributed by atoms with Gasteiger partial charge in [0.25, 0.3) is 0 Å². The van der Waals surface area contributed by atoms with Crippen molar-refractivity contribution in [2.75, 3.05) is 4.90 Å². The SMILES string of the molecule is c1cc(-c2ccc(N(c3ccc(-c4ccc(-c5cccc6ccccc56)cc4)cc3)c3cccc4c3sc3c5ccccc5ccc43)cc2)cc(-n2c3ccccc3c3ccccc32)c1. The summed E-state index contributed by atoms with van der Waals surface area (Å²) in [6.07, 6.45) is 0. The quantitative estimate of drug-likeness (QED) is 0.155. The summed E-state index contributed by atoms with van der Waals surface area (Å²) in [4.78, 5) is 2.44. The van der Waals surface area contributed by atoms with Crippen molar-refractivity contribution in [1.82, 2.24) is 4.57 Å². The van der Waals surface area contributed by atoms with E-state index in [4.69, 9.17) is 0 Å². The van der Waals surface area contributed by atoms with E-state index in [1.807, 2.05) is 11.3 Å². The van der Waals surface area contributed by atoms with Gasteiger partial charge in [0, 0.05) is 43.3 Å². The second-order valence-electron chi connectivity index (χ2n) is 16.9. The predicted octanol–water partition coefficient (Wildman–Crippen LogP) is 17.9. The molecule has 2 heterocycles. The van der Waals surface area contributed by atoms with Crippen LogP contribution >= 0.6 is 11.3 Å². The first-order chi connectivity index (χ1) is 32.2. The summed E-state index contributed by atoms with van der Waals surface area (Å²) in [5.41, 5.74) is 14.2. The van der Waals surface area contributed by atoms with Gasteiger partial charge in [-0.15, -0.1) is 11.3 Å². The van der Waals surface area contributed by atoms with Gasteiger partial charge < -0.3 is 9.47 Å². The van der Waals surface area contributed by atoms with Crippen molar-refractivity contribution < 1.29 is 0 Å². The van der Waals surface area contributed by atoms with Crippen molar-refractivity contribution in [2.24, 2.45) is 0 Å². The molecule has 0 fully saturated rings. The molecule has 0 saturated carbocycles. The lowest BCUT2D eigenvalue weighted by Crippen LogP contribution is -2.10. The summed E-state index contributed by atoms with van der Waals surface area (Å²) in [5, 5.41) is 10.2. The third kappa shape index (κ3) is 6.24. The molecular weight excluding hydrogens is 805 g/mol. The summed E-state index contributed by atoms with van der Waals surface area (Å²) in [5.74, 6) is 0. The monoisotopic (exact) mass is 844 g/mol. The molecular formula is C62H40N2S. The fourth-order valence-electron chi connectivity index (χ4n) is 10.1. The Bertz CT molecular complexity index is 3870. The second kappa shape index (κ2) is 15.2. The molecule has 0 saturated heterocycles. The van der Waals surface area contributed by atoms with Crippen LogP contribution in [0.4, 0.5) is 17.1 Å². The third-order valence-corrected chi connectivity index (χ3v) is 14.5. The molecule has 0 bridgehead atoms. The number of hydrogen-bond acceptors (Lipinski definition) is 2. The molecule has 13 rings (SSSR count). The number of aromatic nitrogens is 1. The highest BCUT2D eigenvalue weighted by Gasteiger charge is 2.20. The molecule has 0 N–H and O–H groups in total. The normalized spacial score (nSPS) is 11.7. The van der Waals surface area contributed by atoms with Crippen molar-refractivity contribution in [3.05, 3.63) is 243 Å². The Morgan fingerprint density at radius 3 is 1.49 bits per heavy atom. The average molecular weight is 845 g/mol. The van der Waals surface area contributed by atoms with Gasteiger partial charge in [-0.25, -0.2) is 0 Å². The number of hydrogen-bond donors (Lipinski definition) is 0. The van der Waals surface area contributed by atoms with E-state index in [9.17, 15) is 0 Å². The van der Waals surface area contributed by atoms with E-state index in [2.05, 4.69) is 252 Å². The Balaban J connectivity index is 0.903. The second-order valence-corrected chi connectivity index (χ2v) is 17.9. The van der Waals surface area contributed by atoms with Crippen LogP contribution in [-0.2, 0) is 0 Å². The zero-order valence-electron chi connectivity index (χ0n) is 35.4. The fraction of sp³-hybridized carbons (Fsp3) is 0. The summed E-state index contributed by atoms with van der Waals surface area (Å²) < 4.78 is 4.99. The molecule has 0 atom stereocenters. The highest BCUT2D eigenvalue weighted by Crippen LogP contribution is 2.47. The number of anilines is 3. The van der Waals surface area contributed by atoms with Crippen LogP contribution in [0.2, 0.25) is 0 Å². The van der Waals surface area contributed by atoms with E-state index in [0.29, 0.717) is 0 Å². The summed E-state index contributed by atoms with van der Waals surface area (Å²) in [7, 11) is 0. The minimum absolute atomic E-state index is 1.11. The molecule has 0 amide bonds. The van der Waals surface area contributed by atoms with E-state index < -0.39 is 0 Å². The number of fused-ring (bicyclic) bond motifs is 9. The average Bonchev–Trinajstić information content (AvgIpc) is 3.94. The molecule has 2 aromatic heterocycles. The largest absolute Gasteiger partial charge is 0.309 e. The van der Waals surface area contributed by atoms with E-state index in [0.717, 1.165) is 17.1 Å². The lowest BCUT2D eigenvalue weighted by Gasteiger charge is -2.26. The van der Waals surface area contributed by atoms with Crippen molar-refractivity contribution in [1.29, 1.82) is 0 Å². The lowest BCUT2D eigenvalue weighted by atomic mass is 9.96. The zero-order valence-corrected chi connectivity index (χ0v) is 36.2. The van der Waals surface area contributed by atoms with Gasteiger partial charge in [-0.3, -0.25) is 0 Å². The number of para-hydroxylation sites is 2. The number of rotatable bonds is 7. The number of thiophene rings is 1. The molecule has 0 aliphatic carbocycles. The van der Waals surface area contributed by atoms with Crippen LogP contribution in [0.1, 0.15) is 0 Å². The molecule has 0 spiro atoms. The van der Waals surface area contributed by atoms with Crippen LogP contribution < -0.4 is 4.90 Å². The first-order valence-electron chi connectivity index (χ1n) is 22.2. The first-order valence-corrected chi connectivity index (χ1v) is 23.1. The molecule has 0 radical (unpaired) electrons. The molecule has 304 valence electrons. The Hall–Kier alpha value is -8.24. The zero-order chi connectivity index (χ0) is 42.8. The van der Waals surface area contributed by atoms with Gasteiger partial charge in [0.2, 0.25) is 0 Å². The summed E-state index contributed by atoms with van der Waals surface area (Å²) in [6.45, 7) is 0. The molecule has 0 unspecified atom stereocenters. The van der Waals surface area contributed by atoms with Crippen LogP contribution in [0.15, 0.2) is 243 Å². The van der Waals surface area contributed by atoms with E-state index in [1.54, 1.807) is 0 Å². The molecule has 2 nitrogen and oxygen atoms in total. The minimum Gasteiger partial charge on any atom is -0.309 e. The maximum atomic E-state index is 2.44. The van der Waals surface area contributed by atoms with Crippen LogP contribution in [0, 0.1) is 0 Å². The highest BCUT2D eigenvalue weighted by atomic mass is 32.1. The Morgan fingerprint density at radius 1 is 0.308 bits per heavy atom. The van der Waals surface area contributed by atoms with Gasteiger partial charge in [0.15, 0.2) is 0 Å². The molecule has 0 aliphatic rings. The highest BCUT2D eigenvalue weighted by molar-refractivity contribution is 7.27. The van der Waals surface area contributed by atoms with E-state index >= 15 is 0 Å². The van der Waals surface area contributed by atoms with Gasteiger partial charge in [0.1, 0.15) is 0 Å². The standard InChI is InChI=1S/C62H40N2S/c1-3-17-51-44(12-1)14-10-21-52(51)46-28-26-41(27-29-46)42-30-35-48(36-31-42)63(60-25-11-22-56-57-39-34-45-13-2-4-18-53(45)61(57)65-62(56)60)49-37-32-43(33-38-49)47-15-9-16-50(40-47)64-58-23-7-5-19-54(58)55-20-6-8-24-59(55)64/h1-40H. The fourth-order valence-corrected chi connectivity index (χ4v) is 11.4. The van der Waals surface area contributed by atoms with Crippen LogP contribution in [0.25, 0.3) is 103 Å². The molecule has 11 aromatic carbocycles. The number of benzene rings is 11. The Morgan fingerprint density at radius 2 is 0.800 bits per heavy atom. The maximum absolute atomic E-state index is 2.44.